The van der Waals surface area contributed by atoms with Gasteiger partial charge in [-0.05, 0) is 37.2 Å². The van der Waals surface area contributed by atoms with Crippen molar-refractivity contribution in [2.24, 2.45) is 0 Å². The fourth-order valence-electron chi connectivity index (χ4n) is 1.28. The summed E-state index contributed by atoms with van der Waals surface area (Å²) in [4.78, 5) is 11.5. The van der Waals surface area contributed by atoms with Crippen LogP contribution in [0.3, 0.4) is 0 Å². The van der Waals surface area contributed by atoms with Crippen LogP contribution in [0, 0.1) is 0 Å². The van der Waals surface area contributed by atoms with Gasteiger partial charge < -0.3 is 10.6 Å². The summed E-state index contributed by atoms with van der Waals surface area (Å²) in [6.07, 6.45) is 0.933. The van der Waals surface area contributed by atoms with Crippen LogP contribution in [0.2, 0.25) is 0 Å². The fourth-order valence-corrected chi connectivity index (χ4v) is 1.54. The van der Waals surface area contributed by atoms with Gasteiger partial charge in [0.15, 0.2) is 0 Å². The first kappa shape index (κ1) is 12.5. The zero-order valence-electron chi connectivity index (χ0n) is 8.00. The van der Waals surface area contributed by atoms with E-state index in [1.807, 2.05) is 24.3 Å². The van der Waals surface area contributed by atoms with Gasteiger partial charge in [-0.2, -0.15) is 0 Å². The lowest BCUT2D eigenvalue weighted by Gasteiger charge is -2.26. The second kappa shape index (κ2) is 5.49. The molecule has 15 heavy (non-hydrogen) atoms. The van der Waals surface area contributed by atoms with Crippen LogP contribution in [-0.4, -0.2) is 18.5 Å². The van der Waals surface area contributed by atoms with Crippen molar-refractivity contribution in [1.82, 2.24) is 5.32 Å². The molecule has 0 saturated carbocycles. The van der Waals surface area contributed by atoms with E-state index in [0.717, 1.165) is 23.1 Å². The minimum absolute atomic E-state index is 0. The summed E-state index contributed by atoms with van der Waals surface area (Å²) in [6, 6.07) is 7.56. The second-order valence-electron chi connectivity index (χ2n) is 3.29. The molecule has 2 rings (SSSR count). The van der Waals surface area contributed by atoms with E-state index in [1.165, 1.54) is 0 Å². The van der Waals surface area contributed by atoms with E-state index in [4.69, 9.17) is 0 Å². The maximum absolute atomic E-state index is 11.5. The highest BCUT2D eigenvalue weighted by Crippen LogP contribution is 2.15. The number of rotatable bonds is 2. The van der Waals surface area contributed by atoms with Gasteiger partial charge in [0.1, 0.15) is 0 Å². The molecule has 1 amide bonds. The van der Waals surface area contributed by atoms with Crippen molar-refractivity contribution >= 4 is 39.9 Å². The highest BCUT2D eigenvalue weighted by molar-refractivity contribution is 9.10. The van der Waals surface area contributed by atoms with Gasteiger partial charge in [-0.1, -0.05) is 15.9 Å². The third-order valence-electron chi connectivity index (χ3n) is 2.25. The molecule has 0 unspecified atom stereocenters. The zero-order chi connectivity index (χ0) is 9.97. The molecule has 1 aromatic carbocycles. The molecule has 1 saturated heterocycles. The van der Waals surface area contributed by atoms with Crippen molar-refractivity contribution in [3.63, 3.8) is 0 Å². The van der Waals surface area contributed by atoms with Crippen LogP contribution in [0.1, 0.15) is 6.42 Å². The lowest BCUT2D eigenvalue weighted by atomic mass is 10.1. The molecule has 0 aliphatic carbocycles. The van der Waals surface area contributed by atoms with Gasteiger partial charge in [-0.25, -0.2) is 0 Å². The van der Waals surface area contributed by atoms with E-state index in [-0.39, 0.29) is 24.4 Å². The smallest absolute Gasteiger partial charge is 0.241 e. The Hall–Kier alpha value is -0.580. The molecule has 0 radical (unpaired) electrons. The maximum atomic E-state index is 11.5. The van der Waals surface area contributed by atoms with Gasteiger partial charge >= 0.3 is 0 Å². The average Bonchev–Trinajstić information content (AvgIpc) is 2.06. The number of carbonyl (C=O) groups is 1. The predicted octanol–water partition coefficient (Wildman–Crippen LogP) is 2.17. The lowest BCUT2D eigenvalue weighted by molar-refractivity contribution is -0.119. The van der Waals surface area contributed by atoms with Crippen molar-refractivity contribution in [1.29, 1.82) is 0 Å². The molecule has 0 aromatic heterocycles. The van der Waals surface area contributed by atoms with Gasteiger partial charge in [0.05, 0.1) is 6.04 Å². The van der Waals surface area contributed by atoms with E-state index in [1.54, 1.807) is 0 Å². The minimum atomic E-state index is -0.00125. The number of nitrogens with one attached hydrogen (secondary N) is 2. The van der Waals surface area contributed by atoms with Crippen LogP contribution in [0.15, 0.2) is 28.7 Å². The number of anilines is 1. The summed E-state index contributed by atoms with van der Waals surface area (Å²) in [7, 11) is 0. The first-order valence-corrected chi connectivity index (χ1v) is 5.35. The number of halogens is 2. The number of hydrogen-bond donors (Lipinski definition) is 2. The largest absolute Gasteiger partial charge is 0.325 e. The molecule has 1 heterocycles. The predicted molar refractivity (Wildman–Crippen MR) is 66.4 cm³/mol. The summed E-state index contributed by atoms with van der Waals surface area (Å²) in [6.45, 7) is 0.943. The summed E-state index contributed by atoms with van der Waals surface area (Å²) in [5, 5.41) is 5.90. The Morgan fingerprint density at radius 2 is 2.00 bits per heavy atom. The van der Waals surface area contributed by atoms with Crippen LogP contribution in [-0.2, 0) is 4.79 Å². The van der Waals surface area contributed by atoms with Gasteiger partial charge in [0.25, 0.3) is 0 Å². The van der Waals surface area contributed by atoms with Crippen molar-refractivity contribution in [3.05, 3.63) is 28.7 Å². The summed E-state index contributed by atoms with van der Waals surface area (Å²) >= 11 is 3.34. The van der Waals surface area contributed by atoms with Gasteiger partial charge in [0, 0.05) is 10.2 Å². The molecule has 1 atom stereocenters. The third-order valence-corrected chi connectivity index (χ3v) is 2.78. The number of amides is 1. The maximum Gasteiger partial charge on any atom is 0.241 e. The van der Waals surface area contributed by atoms with E-state index in [0.29, 0.717) is 0 Å². The van der Waals surface area contributed by atoms with Gasteiger partial charge in [-0.3, -0.25) is 4.79 Å². The molecule has 0 bridgehead atoms. The Kier molecular flexibility index (Phi) is 4.57. The topological polar surface area (TPSA) is 41.1 Å². The molecule has 1 aliphatic heterocycles. The lowest BCUT2D eigenvalue weighted by Crippen LogP contribution is -2.50. The first-order chi connectivity index (χ1) is 6.75. The van der Waals surface area contributed by atoms with Crippen LogP contribution < -0.4 is 10.6 Å². The molecule has 3 nitrogen and oxygen atoms in total. The fraction of sp³-hybridized carbons (Fsp3) is 0.300. The molecule has 1 fully saturated rings. The third kappa shape index (κ3) is 3.19. The summed E-state index contributed by atoms with van der Waals surface area (Å²) < 4.78 is 1.01. The van der Waals surface area contributed by atoms with E-state index < -0.39 is 0 Å². The van der Waals surface area contributed by atoms with E-state index >= 15 is 0 Å². The Morgan fingerprint density at radius 3 is 2.47 bits per heavy atom. The SMILES string of the molecule is Cl.O=C(Nc1ccc(Br)cc1)[C@H]1CCN1. The first-order valence-electron chi connectivity index (χ1n) is 4.55. The van der Waals surface area contributed by atoms with Gasteiger partial charge in [-0.15, -0.1) is 12.4 Å². The van der Waals surface area contributed by atoms with Crippen LogP contribution in [0.25, 0.3) is 0 Å². The highest BCUT2D eigenvalue weighted by Gasteiger charge is 2.24. The monoisotopic (exact) mass is 290 g/mol. The van der Waals surface area contributed by atoms with Crippen molar-refractivity contribution in [2.75, 3.05) is 11.9 Å². The van der Waals surface area contributed by atoms with Crippen molar-refractivity contribution < 1.29 is 4.79 Å². The standard InChI is InChI=1S/C10H11BrN2O.ClH/c11-7-1-3-8(4-2-7)13-10(14)9-5-6-12-9;/h1-4,9,12H,5-6H2,(H,13,14);1H/t9-;/m1./s1. The van der Waals surface area contributed by atoms with Crippen molar-refractivity contribution in [3.8, 4) is 0 Å². The second-order valence-corrected chi connectivity index (χ2v) is 4.21. The quantitative estimate of drug-likeness (QED) is 0.877. The number of benzene rings is 1. The Balaban J connectivity index is 0.00000112. The molecule has 2 N–H and O–H groups in total. The normalized spacial score (nSPS) is 18.6. The van der Waals surface area contributed by atoms with E-state index in [9.17, 15) is 4.79 Å². The van der Waals surface area contributed by atoms with Crippen LogP contribution in [0.4, 0.5) is 5.69 Å². The molecule has 1 aromatic rings. The van der Waals surface area contributed by atoms with Gasteiger partial charge in [0.2, 0.25) is 5.91 Å². The Bertz CT molecular complexity index is 338. The summed E-state index contributed by atoms with van der Waals surface area (Å²) in [5.41, 5.74) is 0.840. The van der Waals surface area contributed by atoms with Crippen LogP contribution >= 0.6 is 28.3 Å². The molecule has 82 valence electrons. The zero-order valence-corrected chi connectivity index (χ0v) is 10.4. The average molecular weight is 292 g/mol. The number of hydrogen-bond acceptors (Lipinski definition) is 2. The highest BCUT2D eigenvalue weighted by atomic mass is 79.9. The number of carbonyl (C=O) groups excluding carboxylic acids is 1. The van der Waals surface area contributed by atoms with Crippen LogP contribution in [0.5, 0.6) is 0 Å². The molecular weight excluding hydrogens is 279 g/mol. The summed E-state index contributed by atoms with van der Waals surface area (Å²) in [5.74, 6) is 0.0542. The van der Waals surface area contributed by atoms with Crippen molar-refractivity contribution in [2.45, 2.75) is 12.5 Å². The minimum Gasteiger partial charge on any atom is -0.325 e. The molecule has 0 spiro atoms. The van der Waals surface area contributed by atoms with E-state index in [2.05, 4.69) is 26.6 Å². The molecule has 5 heteroatoms. The Labute approximate surface area is 103 Å². The Morgan fingerprint density at radius 1 is 1.40 bits per heavy atom. The molecular formula is C10H12BrClN2O. The molecule has 1 aliphatic rings.